The van der Waals surface area contributed by atoms with Gasteiger partial charge in [-0.2, -0.15) is 9.61 Å². The second-order valence-electron chi connectivity index (χ2n) is 9.87. The quantitative estimate of drug-likeness (QED) is 0.579. The topological polar surface area (TPSA) is 127 Å². The Kier molecular flexibility index (Phi) is 6.37. The first kappa shape index (κ1) is 23.6. The Labute approximate surface area is 202 Å². The van der Waals surface area contributed by atoms with Crippen LogP contribution in [0.15, 0.2) is 17.1 Å². The molecule has 0 aromatic carbocycles. The number of fused-ring (bicyclic) bond motifs is 1. The lowest BCUT2D eigenvalue weighted by Gasteiger charge is -2.34. The summed E-state index contributed by atoms with van der Waals surface area (Å²) in [6.45, 7) is 5.63. The molecule has 3 aliphatic rings. The van der Waals surface area contributed by atoms with Crippen LogP contribution in [0, 0.1) is 5.41 Å². The van der Waals surface area contributed by atoms with Crippen molar-refractivity contribution in [2.75, 3.05) is 39.5 Å². The molecule has 2 aliphatic heterocycles. The molecule has 0 unspecified atom stereocenters. The standard InChI is InChI=1S/C24H31N5O6/c1-24(6-10-34-11-7-24)15-28-21-16(2-5-18(30)27-8-12-35-13-9-27)14-25-29(21)23(33)19(22(28)32)20(31)26-17-3-4-17/h2,5,14,17,33H,3-4,6-13,15H2,1H3,(H,26,31)/b5-2+. The van der Waals surface area contributed by atoms with Gasteiger partial charge in [-0.3, -0.25) is 19.0 Å². The highest BCUT2D eigenvalue weighted by molar-refractivity contribution is 5.97. The van der Waals surface area contributed by atoms with Crippen molar-refractivity contribution >= 4 is 23.5 Å². The summed E-state index contributed by atoms with van der Waals surface area (Å²) >= 11 is 0. The number of aromatic hydroxyl groups is 1. The van der Waals surface area contributed by atoms with Gasteiger partial charge in [-0.05, 0) is 37.2 Å². The van der Waals surface area contributed by atoms with E-state index >= 15 is 0 Å². The maximum atomic E-state index is 13.7. The molecule has 1 saturated carbocycles. The highest BCUT2D eigenvalue weighted by atomic mass is 16.5. The Hall–Kier alpha value is -3.18. The van der Waals surface area contributed by atoms with Crippen LogP contribution in [0.3, 0.4) is 0 Å². The number of hydrogen-bond acceptors (Lipinski definition) is 7. The van der Waals surface area contributed by atoms with E-state index in [0.717, 1.165) is 25.7 Å². The van der Waals surface area contributed by atoms with E-state index < -0.39 is 17.3 Å². The third-order valence-corrected chi connectivity index (χ3v) is 7.02. The van der Waals surface area contributed by atoms with Crippen LogP contribution in [0.2, 0.25) is 0 Å². The fraction of sp³-hybridized carbons (Fsp3) is 0.583. The van der Waals surface area contributed by atoms with Gasteiger partial charge in [0.2, 0.25) is 11.8 Å². The van der Waals surface area contributed by atoms with Gasteiger partial charge in [-0.25, -0.2) is 0 Å². The lowest BCUT2D eigenvalue weighted by Crippen LogP contribution is -2.40. The summed E-state index contributed by atoms with van der Waals surface area (Å²) in [6, 6.07) is 0.0285. The largest absolute Gasteiger partial charge is 0.492 e. The van der Waals surface area contributed by atoms with E-state index in [0.29, 0.717) is 57.3 Å². The zero-order valence-electron chi connectivity index (χ0n) is 19.9. The summed E-state index contributed by atoms with van der Waals surface area (Å²) in [5.41, 5.74) is -0.282. The zero-order valence-corrected chi connectivity index (χ0v) is 19.9. The maximum absolute atomic E-state index is 13.7. The first-order chi connectivity index (χ1) is 16.9. The molecule has 0 spiro atoms. The number of amides is 2. The average Bonchev–Trinajstić information content (AvgIpc) is 3.56. The maximum Gasteiger partial charge on any atom is 0.270 e. The van der Waals surface area contributed by atoms with Gasteiger partial charge >= 0.3 is 0 Å². The van der Waals surface area contributed by atoms with Crippen LogP contribution in [-0.4, -0.2) is 81.6 Å². The Balaban J connectivity index is 1.57. The van der Waals surface area contributed by atoms with E-state index in [1.165, 1.54) is 21.4 Å². The summed E-state index contributed by atoms with van der Waals surface area (Å²) < 4.78 is 13.5. The van der Waals surface area contributed by atoms with Gasteiger partial charge in [-0.15, -0.1) is 0 Å². The molecule has 188 valence electrons. The van der Waals surface area contributed by atoms with Crippen molar-refractivity contribution in [2.45, 2.75) is 45.2 Å². The molecular weight excluding hydrogens is 454 g/mol. The number of aromatic nitrogens is 3. The highest BCUT2D eigenvalue weighted by Crippen LogP contribution is 2.33. The molecule has 11 heteroatoms. The molecule has 11 nitrogen and oxygen atoms in total. The molecule has 2 aromatic heterocycles. The minimum atomic E-state index is -0.599. The predicted molar refractivity (Wildman–Crippen MR) is 126 cm³/mol. The Morgan fingerprint density at radius 3 is 2.57 bits per heavy atom. The van der Waals surface area contributed by atoms with E-state index in [-0.39, 0.29) is 22.9 Å². The van der Waals surface area contributed by atoms with Gasteiger partial charge in [0.1, 0.15) is 5.65 Å². The molecule has 5 rings (SSSR count). The fourth-order valence-electron chi connectivity index (χ4n) is 4.61. The average molecular weight is 486 g/mol. The van der Waals surface area contributed by atoms with Crippen molar-refractivity contribution in [1.82, 2.24) is 24.4 Å². The summed E-state index contributed by atoms with van der Waals surface area (Å²) in [4.78, 5) is 40.9. The van der Waals surface area contributed by atoms with Crippen molar-refractivity contribution in [3.63, 3.8) is 0 Å². The molecular formula is C24H31N5O6. The molecule has 2 amide bonds. The number of carbonyl (C=O) groups is 2. The molecule has 2 N–H and O–H groups in total. The third kappa shape index (κ3) is 4.83. The minimum Gasteiger partial charge on any atom is -0.492 e. The molecule has 2 saturated heterocycles. The molecule has 35 heavy (non-hydrogen) atoms. The lowest BCUT2D eigenvalue weighted by molar-refractivity contribution is -0.129. The highest BCUT2D eigenvalue weighted by Gasteiger charge is 2.33. The van der Waals surface area contributed by atoms with Gasteiger partial charge < -0.3 is 24.8 Å². The normalized spacial score (nSPS) is 20.4. The number of nitrogens with zero attached hydrogens (tertiary/aromatic N) is 4. The monoisotopic (exact) mass is 485 g/mol. The van der Waals surface area contributed by atoms with Crippen LogP contribution in [0.5, 0.6) is 5.88 Å². The fourth-order valence-corrected chi connectivity index (χ4v) is 4.61. The van der Waals surface area contributed by atoms with Crippen molar-refractivity contribution in [3.05, 3.63) is 33.8 Å². The lowest BCUT2D eigenvalue weighted by atomic mass is 9.82. The van der Waals surface area contributed by atoms with E-state index in [1.54, 1.807) is 11.0 Å². The predicted octanol–water partition coefficient (Wildman–Crippen LogP) is 0.783. The Morgan fingerprint density at radius 1 is 1.20 bits per heavy atom. The number of rotatable bonds is 6. The van der Waals surface area contributed by atoms with Crippen LogP contribution in [-0.2, 0) is 20.8 Å². The SMILES string of the molecule is CC1(Cn2c(=O)c(C(=O)NC3CC3)c(O)n3ncc(/C=C/C(=O)N4CCOCC4)c23)CCOCC1. The van der Waals surface area contributed by atoms with Gasteiger partial charge in [0, 0.05) is 50.5 Å². The van der Waals surface area contributed by atoms with Gasteiger partial charge in [0.15, 0.2) is 5.56 Å². The molecule has 2 aromatic rings. The van der Waals surface area contributed by atoms with Gasteiger partial charge in [0.05, 0.1) is 19.4 Å². The molecule has 0 radical (unpaired) electrons. The van der Waals surface area contributed by atoms with Crippen LogP contribution in [0.4, 0.5) is 0 Å². The second-order valence-corrected chi connectivity index (χ2v) is 9.87. The molecule has 4 heterocycles. The van der Waals surface area contributed by atoms with E-state index in [4.69, 9.17) is 9.47 Å². The third-order valence-electron chi connectivity index (χ3n) is 7.02. The van der Waals surface area contributed by atoms with Crippen molar-refractivity contribution in [3.8, 4) is 5.88 Å². The van der Waals surface area contributed by atoms with Crippen molar-refractivity contribution < 1.29 is 24.2 Å². The van der Waals surface area contributed by atoms with Crippen LogP contribution >= 0.6 is 0 Å². The summed E-state index contributed by atoms with van der Waals surface area (Å²) in [7, 11) is 0. The van der Waals surface area contributed by atoms with Crippen LogP contribution < -0.4 is 10.9 Å². The molecule has 0 bridgehead atoms. The molecule has 1 aliphatic carbocycles. The molecule has 0 atom stereocenters. The summed E-state index contributed by atoms with van der Waals surface area (Å²) in [5, 5.41) is 18.0. The van der Waals surface area contributed by atoms with Gasteiger partial charge in [-0.1, -0.05) is 6.92 Å². The van der Waals surface area contributed by atoms with Crippen molar-refractivity contribution in [2.24, 2.45) is 5.41 Å². The second kappa shape index (κ2) is 9.46. The zero-order chi connectivity index (χ0) is 24.6. The number of hydrogen-bond donors (Lipinski definition) is 2. The van der Waals surface area contributed by atoms with Gasteiger partial charge in [0.25, 0.3) is 11.5 Å². The van der Waals surface area contributed by atoms with E-state index in [2.05, 4.69) is 17.3 Å². The number of nitrogens with one attached hydrogen (secondary N) is 1. The smallest absolute Gasteiger partial charge is 0.270 e. The number of morpholine rings is 1. The minimum absolute atomic E-state index is 0.0285. The van der Waals surface area contributed by atoms with Crippen molar-refractivity contribution in [1.29, 1.82) is 0 Å². The summed E-state index contributed by atoms with van der Waals surface area (Å²) in [5.74, 6) is -1.27. The Bertz CT molecular complexity index is 1220. The van der Waals surface area contributed by atoms with E-state index in [9.17, 15) is 19.5 Å². The first-order valence-electron chi connectivity index (χ1n) is 12.1. The number of carbonyl (C=O) groups excluding carboxylic acids is 2. The van der Waals surface area contributed by atoms with Crippen LogP contribution in [0.1, 0.15) is 48.5 Å². The Morgan fingerprint density at radius 2 is 1.89 bits per heavy atom. The first-order valence-corrected chi connectivity index (χ1v) is 12.1. The molecule has 3 fully saturated rings. The van der Waals surface area contributed by atoms with Crippen LogP contribution in [0.25, 0.3) is 11.7 Å². The number of ether oxygens (including phenoxy) is 2. The van der Waals surface area contributed by atoms with E-state index in [1.807, 2.05) is 0 Å². The summed E-state index contributed by atoms with van der Waals surface area (Å²) in [6.07, 6.45) is 7.76.